The summed E-state index contributed by atoms with van der Waals surface area (Å²) in [6.45, 7) is 27.3. The van der Waals surface area contributed by atoms with E-state index in [1.165, 1.54) is 27.8 Å². The zero-order valence-corrected chi connectivity index (χ0v) is 17.8. The van der Waals surface area contributed by atoms with Gasteiger partial charge in [-0.25, -0.2) is 0 Å². The van der Waals surface area contributed by atoms with Gasteiger partial charge >= 0.3 is 66.0 Å². The van der Waals surface area contributed by atoms with Crippen molar-refractivity contribution in [3.05, 3.63) is 34.7 Å². The molecule has 0 fully saturated rings. The molecule has 118 valence electrons. The summed E-state index contributed by atoms with van der Waals surface area (Å²) >= 11 is 1.08. The Hall–Kier alpha value is 0.742. The SMILES string of the molecule is C[P](C)(C)=[Pd]=[P](C)(C)C.[CH2-][c-]1c(C)c(C)c(C)c1C. The second kappa shape index (κ2) is 7.14. The fraction of sp³-hybridized carbons (Fsp3) is 0.625. The molecule has 0 aliphatic rings. The molecule has 0 amide bonds. The van der Waals surface area contributed by atoms with Gasteiger partial charge < -0.3 is 5.56 Å². The molecular weight excluding hydrogens is 361 g/mol. The van der Waals surface area contributed by atoms with Crippen LogP contribution < -0.4 is 0 Å². The standard InChI is InChI=1S/C10H14.2C3H9P.Pd/c1-6-7(2)9(4)10(5)8(6)3;2*1-4(2)3;/h1H2,2-5H3;2*1-3H3;/q-2;;;. The van der Waals surface area contributed by atoms with Gasteiger partial charge in [-0.2, -0.15) is 0 Å². The van der Waals surface area contributed by atoms with Gasteiger partial charge in [-0.1, -0.05) is 0 Å². The van der Waals surface area contributed by atoms with E-state index in [9.17, 15) is 0 Å². The molecule has 0 aromatic heterocycles. The molecule has 0 saturated heterocycles. The summed E-state index contributed by atoms with van der Waals surface area (Å²) in [6.07, 6.45) is 0. The Labute approximate surface area is 128 Å². The molecule has 3 heteroatoms. The molecule has 1 aromatic carbocycles. The minimum Gasteiger partial charge on any atom is -0.301 e. The first-order valence-corrected chi connectivity index (χ1v) is 16.7. The van der Waals surface area contributed by atoms with Gasteiger partial charge in [0.15, 0.2) is 0 Å². The van der Waals surface area contributed by atoms with Crippen molar-refractivity contribution >= 4 is 9.99 Å². The van der Waals surface area contributed by atoms with Crippen LogP contribution in [0.1, 0.15) is 27.8 Å². The van der Waals surface area contributed by atoms with Gasteiger partial charge in [0.25, 0.3) is 0 Å². The molecular formula is C16H32P2Pd-2. The molecule has 0 nitrogen and oxygen atoms in total. The number of hydrogen-bond donors (Lipinski definition) is 0. The normalized spacial score (nSPS) is 12.3. The van der Waals surface area contributed by atoms with Crippen molar-refractivity contribution < 1.29 is 16.0 Å². The van der Waals surface area contributed by atoms with E-state index in [4.69, 9.17) is 0 Å². The van der Waals surface area contributed by atoms with Crippen LogP contribution in [-0.2, 0) is 16.0 Å². The molecule has 0 atom stereocenters. The Balaban J connectivity index is 0.000000344. The number of hydrogen-bond acceptors (Lipinski definition) is 0. The summed E-state index contributed by atoms with van der Waals surface area (Å²) in [5.41, 5.74) is 6.74. The van der Waals surface area contributed by atoms with Crippen LogP contribution in [0.25, 0.3) is 0 Å². The summed E-state index contributed by atoms with van der Waals surface area (Å²) in [6, 6.07) is 0. The fourth-order valence-corrected chi connectivity index (χ4v) is 31.6. The third kappa shape index (κ3) is 7.35. The molecule has 0 heterocycles. The monoisotopic (exact) mass is 392 g/mol. The van der Waals surface area contributed by atoms with Crippen LogP contribution in [0.2, 0.25) is 0 Å². The topological polar surface area (TPSA) is 0 Å². The predicted octanol–water partition coefficient (Wildman–Crippen LogP) is 5.53. The van der Waals surface area contributed by atoms with E-state index in [1.54, 1.807) is 0 Å². The maximum absolute atomic E-state index is 4.00. The Bertz CT molecular complexity index is 441. The summed E-state index contributed by atoms with van der Waals surface area (Å²) < 4.78 is 0. The molecule has 0 aliphatic heterocycles. The van der Waals surface area contributed by atoms with Gasteiger partial charge in [-0.3, -0.25) is 29.2 Å². The molecule has 19 heavy (non-hydrogen) atoms. The van der Waals surface area contributed by atoms with E-state index in [1.807, 2.05) is 0 Å². The average Bonchev–Trinajstić information content (AvgIpc) is 2.32. The Morgan fingerprint density at radius 1 is 0.737 bits per heavy atom. The van der Waals surface area contributed by atoms with Crippen molar-refractivity contribution in [3.63, 3.8) is 0 Å². The van der Waals surface area contributed by atoms with E-state index in [0.717, 1.165) is 16.0 Å². The average molecular weight is 393 g/mol. The quantitative estimate of drug-likeness (QED) is 0.309. The van der Waals surface area contributed by atoms with Gasteiger partial charge in [0.05, 0.1) is 0 Å². The van der Waals surface area contributed by atoms with E-state index >= 15 is 0 Å². The predicted molar refractivity (Wildman–Crippen MR) is 94.8 cm³/mol. The molecule has 0 saturated carbocycles. The molecule has 0 unspecified atom stereocenters. The minimum atomic E-state index is -0.438. The fourth-order valence-electron chi connectivity index (χ4n) is 1.87. The van der Waals surface area contributed by atoms with Crippen molar-refractivity contribution in [1.29, 1.82) is 0 Å². The van der Waals surface area contributed by atoms with Crippen molar-refractivity contribution in [2.75, 3.05) is 40.0 Å². The van der Waals surface area contributed by atoms with E-state index in [0.29, 0.717) is 0 Å². The zero-order chi connectivity index (χ0) is 15.6. The van der Waals surface area contributed by atoms with Gasteiger partial charge in [-0.15, -0.1) is 27.7 Å². The Morgan fingerprint density at radius 3 is 1.05 bits per heavy atom. The largest absolute Gasteiger partial charge is 0.301 e. The molecule has 0 spiro atoms. The third-order valence-electron chi connectivity index (χ3n) is 2.97. The first kappa shape index (κ1) is 19.7. The summed E-state index contributed by atoms with van der Waals surface area (Å²) in [4.78, 5) is -0.876. The number of rotatable bonds is 0. The van der Waals surface area contributed by atoms with Crippen LogP contribution in [0.4, 0.5) is 0 Å². The molecule has 0 radical (unpaired) electrons. The van der Waals surface area contributed by atoms with Gasteiger partial charge in [0, 0.05) is 0 Å². The van der Waals surface area contributed by atoms with E-state index in [2.05, 4.69) is 74.6 Å². The first-order valence-electron chi connectivity index (χ1n) is 6.57. The zero-order valence-electron chi connectivity index (χ0n) is 14.4. The Morgan fingerprint density at radius 2 is 1.00 bits per heavy atom. The minimum absolute atomic E-state index is 0.438. The Kier molecular flexibility index (Phi) is 7.42. The second-order valence-corrected chi connectivity index (χ2v) is 29.5. The van der Waals surface area contributed by atoms with Crippen molar-refractivity contribution in [3.8, 4) is 0 Å². The van der Waals surface area contributed by atoms with Gasteiger partial charge in [-0.05, 0) is 0 Å². The van der Waals surface area contributed by atoms with Crippen molar-refractivity contribution in [2.45, 2.75) is 27.7 Å². The summed E-state index contributed by atoms with van der Waals surface area (Å²) in [5, 5.41) is 0. The first-order chi connectivity index (χ1) is 8.26. The van der Waals surface area contributed by atoms with Gasteiger partial charge in [0.1, 0.15) is 0 Å². The van der Waals surface area contributed by atoms with Crippen LogP contribution in [0.5, 0.6) is 0 Å². The van der Waals surface area contributed by atoms with Crippen molar-refractivity contribution in [1.82, 2.24) is 0 Å². The third-order valence-corrected chi connectivity index (χ3v) is 22.8. The van der Waals surface area contributed by atoms with E-state index < -0.39 is 9.99 Å². The second-order valence-electron chi connectivity index (χ2n) is 6.57. The van der Waals surface area contributed by atoms with Crippen LogP contribution in [0, 0.1) is 34.6 Å². The maximum Gasteiger partial charge on any atom is -0.107 e. The molecule has 1 rings (SSSR count). The summed E-state index contributed by atoms with van der Waals surface area (Å²) in [5.74, 6) is 0. The maximum atomic E-state index is 4.00. The summed E-state index contributed by atoms with van der Waals surface area (Å²) in [7, 11) is 0. The van der Waals surface area contributed by atoms with Crippen molar-refractivity contribution in [2.24, 2.45) is 0 Å². The molecule has 1 aromatic rings. The molecule has 0 N–H and O–H groups in total. The van der Waals surface area contributed by atoms with Crippen LogP contribution in [0.3, 0.4) is 0 Å². The van der Waals surface area contributed by atoms with Gasteiger partial charge in [0.2, 0.25) is 0 Å². The van der Waals surface area contributed by atoms with Crippen LogP contribution in [0.15, 0.2) is 0 Å². The molecule has 0 bridgehead atoms. The van der Waals surface area contributed by atoms with Crippen LogP contribution >= 0.6 is 9.99 Å². The smallest absolute Gasteiger partial charge is 0.107 e. The van der Waals surface area contributed by atoms with Crippen LogP contribution in [-0.4, -0.2) is 40.0 Å². The molecule has 0 aliphatic carbocycles. The van der Waals surface area contributed by atoms with E-state index in [-0.39, 0.29) is 0 Å².